The summed E-state index contributed by atoms with van der Waals surface area (Å²) >= 11 is 1.16. The maximum absolute atomic E-state index is 11.8. The number of benzene rings is 1. The third kappa shape index (κ3) is 5.20. The van der Waals surface area contributed by atoms with E-state index in [2.05, 4.69) is 5.32 Å². The Bertz CT molecular complexity index is 664. The van der Waals surface area contributed by atoms with E-state index in [1.165, 1.54) is 0 Å². The number of nitrogen functional groups attached to an aromatic ring is 1. The fraction of sp³-hybridized carbons (Fsp3) is 0.333. The number of amides is 1. The Balaban J connectivity index is 0.00000242. The van der Waals surface area contributed by atoms with E-state index in [1.54, 1.807) is 9.95 Å². The van der Waals surface area contributed by atoms with E-state index in [1.807, 2.05) is 31.2 Å². The maximum Gasteiger partial charge on any atom is 0.307 e. The molecule has 1 aromatic heterocycles. The van der Waals surface area contributed by atoms with E-state index < -0.39 is 0 Å². The van der Waals surface area contributed by atoms with Crippen LogP contribution in [0.15, 0.2) is 34.4 Å². The Hall–Kier alpha value is -1.79. The molecule has 3 N–H and O–H groups in total. The van der Waals surface area contributed by atoms with Crippen LogP contribution in [0.25, 0.3) is 0 Å². The number of nitrogens with one attached hydrogen (secondary N) is 1. The first kappa shape index (κ1) is 18.3. The molecule has 7 heteroatoms. The number of thiazole rings is 1. The predicted molar refractivity (Wildman–Crippen MR) is 92.7 cm³/mol. The summed E-state index contributed by atoms with van der Waals surface area (Å²) in [5.74, 6) is -0.0389. The van der Waals surface area contributed by atoms with Crippen LogP contribution in [-0.4, -0.2) is 17.0 Å². The highest BCUT2D eigenvalue weighted by Crippen LogP contribution is 2.05. The van der Waals surface area contributed by atoms with Gasteiger partial charge < -0.3 is 15.6 Å². The van der Waals surface area contributed by atoms with Crippen molar-refractivity contribution in [3.05, 3.63) is 50.6 Å². The lowest BCUT2D eigenvalue weighted by Gasteiger charge is -2.07. The molecule has 0 radical (unpaired) electrons. The van der Waals surface area contributed by atoms with Gasteiger partial charge in [0, 0.05) is 36.3 Å². The minimum Gasteiger partial charge on any atom is -0.399 e. The first-order valence-corrected chi connectivity index (χ1v) is 7.70. The minimum atomic E-state index is -0.0389. The fourth-order valence-electron chi connectivity index (χ4n) is 2.01. The van der Waals surface area contributed by atoms with Gasteiger partial charge in [0.15, 0.2) is 0 Å². The molecule has 0 spiro atoms. The molecular weight excluding hydrogens is 322 g/mol. The molecule has 0 saturated carbocycles. The van der Waals surface area contributed by atoms with Gasteiger partial charge >= 0.3 is 4.87 Å². The van der Waals surface area contributed by atoms with Crippen molar-refractivity contribution in [2.24, 2.45) is 0 Å². The lowest BCUT2D eigenvalue weighted by atomic mass is 10.1. The number of rotatable bonds is 6. The van der Waals surface area contributed by atoms with Gasteiger partial charge in [0.2, 0.25) is 5.91 Å². The number of hydrogen-bond acceptors (Lipinski definition) is 4. The molecule has 0 unspecified atom stereocenters. The Morgan fingerprint density at radius 3 is 2.59 bits per heavy atom. The van der Waals surface area contributed by atoms with E-state index in [4.69, 9.17) is 5.73 Å². The Morgan fingerprint density at radius 1 is 1.32 bits per heavy atom. The van der Waals surface area contributed by atoms with Crippen molar-refractivity contribution in [1.82, 2.24) is 9.88 Å². The standard InChI is InChI=1S/C15H19N3O2S.ClH/c1-11-10-21-15(20)18(11)9-7-14(19)17-8-6-12-2-4-13(16)5-3-12;/h2-5,10H,6-9,16H2,1H3,(H,17,19);1H. The molecule has 0 atom stereocenters. The highest BCUT2D eigenvalue weighted by molar-refractivity contribution is 7.07. The zero-order chi connectivity index (χ0) is 15.2. The Kier molecular flexibility index (Phi) is 7.14. The van der Waals surface area contributed by atoms with Crippen molar-refractivity contribution >= 4 is 35.3 Å². The number of anilines is 1. The maximum atomic E-state index is 11.8. The molecule has 5 nitrogen and oxygen atoms in total. The second-order valence-electron chi connectivity index (χ2n) is 4.89. The van der Waals surface area contributed by atoms with Gasteiger partial charge in [0.05, 0.1) is 0 Å². The minimum absolute atomic E-state index is 0. The number of aromatic nitrogens is 1. The van der Waals surface area contributed by atoms with Gasteiger partial charge in [-0.1, -0.05) is 23.5 Å². The van der Waals surface area contributed by atoms with Crippen LogP contribution in [0.1, 0.15) is 17.7 Å². The van der Waals surface area contributed by atoms with Gasteiger partial charge in [-0.3, -0.25) is 9.59 Å². The molecule has 0 aliphatic carbocycles. The summed E-state index contributed by atoms with van der Waals surface area (Å²) in [4.78, 5) is 23.3. The van der Waals surface area contributed by atoms with Gasteiger partial charge in [-0.25, -0.2) is 0 Å². The summed E-state index contributed by atoms with van der Waals surface area (Å²) < 4.78 is 1.63. The van der Waals surface area contributed by atoms with Crippen LogP contribution in [0.3, 0.4) is 0 Å². The van der Waals surface area contributed by atoms with Crippen LogP contribution in [0.4, 0.5) is 5.69 Å². The van der Waals surface area contributed by atoms with Crippen molar-refractivity contribution < 1.29 is 4.79 Å². The summed E-state index contributed by atoms with van der Waals surface area (Å²) in [6.07, 6.45) is 1.09. The molecule has 1 amide bonds. The average molecular weight is 342 g/mol. The highest BCUT2D eigenvalue weighted by Gasteiger charge is 2.06. The van der Waals surface area contributed by atoms with E-state index in [0.29, 0.717) is 19.5 Å². The van der Waals surface area contributed by atoms with Gasteiger partial charge in [0.1, 0.15) is 0 Å². The third-order valence-corrected chi connectivity index (χ3v) is 4.14. The first-order valence-electron chi connectivity index (χ1n) is 6.82. The second-order valence-corrected chi connectivity index (χ2v) is 5.71. The molecule has 0 bridgehead atoms. The van der Waals surface area contributed by atoms with Crippen LogP contribution in [0.2, 0.25) is 0 Å². The normalized spacial score (nSPS) is 10.0. The van der Waals surface area contributed by atoms with E-state index >= 15 is 0 Å². The number of aryl methyl sites for hydroxylation is 1. The van der Waals surface area contributed by atoms with Crippen LogP contribution in [0.5, 0.6) is 0 Å². The Morgan fingerprint density at radius 2 is 2.00 bits per heavy atom. The second kappa shape index (κ2) is 8.60. The molecule has 22 heavy (non-hydrogen) atoms. The first-order chi connectivity index (χ1) is 10.1. The number of halogens is 1. The van der Waals surface area contributed by atoms with Crippen molar-refractivity contribution in [2.45, 2.75) is 26.3 Å². The average Bonchev–Trinajstić information content (AvgIpc) is 2.78. The highest BCUT2D eigenvalue weighted by atomic mass is 35.5. The lowest BCUT2D eigenvalue weighted by molar-refractivity contribution is -0.121. The molecule has 0 aliphatic heterocycles. The summed E-state index contributed by atoms with van der Waals surface area (Å²) in [5, 5.41) is 4.67. The van der Waals surface area contributed by atoms with Crippen LogP contribution in [0, 0.1) is 6.92 Å². The molecule has 2 aromatic rings. The van der Waals surface area contributed by atoms with Gasteiger partial charge in [-0.05, 0) is 31.0 Å². The number of carbonyl (C=O) groups is 1. The van der Waals surface area contributed by atoms with Crippen LogP contribution in [-0.2, 0) is 17.8 Å². The van der Waals surface area contributed by atoms with Crippen LogP contribution < -0.4 is 15.9 Å². The predicted octanol–water partition coefficient (Wildman–Crippen LogP) is 1.97. The number of hydrogen-bond donors (Lipinski definition) is 2. The summed E-state index contributed by atoms with van der Waals surface area (Å²) in [6.45, 7) is 2.89. The quantitative estimate of drug-likeness (QED) is 0.789. The number of carbonyl (C=O) groups excluding carboxylic acids is 1. The van der Waals surface area contributed by atoms with Crippen molar-refractivity contribution in [3.63, 3.8) is 0 Å². The smallest absolute Gasteiger partial charge is 0.307 e. The zero-order valence-corrected chi connectivity index (χ0v) is 14.0. The van der Waals surface area contributed by atoms with Crippen molar-refractivity contribution in [1.29, 1.82) is 0 Å². The third-order valence-electron chi connectivity index (χ3n) is 3.25. The fourth-order valence-corrected chi connectivity index (χ4v) is 2.77. The van der Waals surface area contributed by atoms with E-state index in [9.17, 15) is 9.59 Å². The van der Waals surface area contributed by atoms with Crippen molar-refractivity contribution in [3.8, 4) is 0 Å². The summed E-state index contributed by atoms with van der Waals surface area (Å²) in [5.41, 5.74) is 8.39. The molecule has 1 heterocycles. The van der Waals surface area contributed by atoms with E-state index in [0.717, 1.165) is 34.7 Å². The molecule has 0 fully saturated rings. The molecule has 120 valence electrons. The van der Waals surface area contributed by atoms with Crippen molar-refractivity contribution in [2.75, 3.05) is 12.3 Å². The lowest BCUT2D eigenvalue weighted by Crippen LogP contribution is -2.28. The molecule has 0 aliphatic rings. The number of nitrogens with zero attached hydrogens (tertiary/aromatic N) is 1. The largest absolute Gasteiger partial charge is 0.399 e. The molecule has 1 aromatic carbocycles. The molecular formula is C15H20ClN3O2S. The number of nitrogens with two attached hydrogens (primary N) is 1. The van der Waals surface area contributed by atoms with Gasteiger partial charge in [0.25, 0.3) is 0 Å². The molecule has 0 saturated heterocycles. The molecule has 2 rings (SSSR count). The van der Waals surface area contributed by atoms with Gasteiger partial charge in [-0.2, -0.15) is 0 Å². The van der Waals surface area contributed by atoms with Gasteiger partial charge in [-0.15, -0.1) is 12.4 Å². The van der Waals surface area contributed by atoms with Crippen LogP contribution >= 0.6 is 23.7 Å². The monoisotopic (exact) mass is 341 g/mol. The zero-order valence-electron chi connectivity index (χ0n) is 12.4. The topological polar surface area (TPSA) is 77.1 Å². The SMILES string of the molecule is Cc1csc(=O)n1CCC(=O)NCCc1ccc(N)cc1.Cl. The Labute approximate surface area is 139 Å². The summed E-state index contributed by atoms with van der Waals surface area (Å²) in [6, 6.07) is 7.61. The van der Waals surface area contributed by atoms with E-state index in [-0.39, 0.29) is 23.2 Å². The summed E-state index contributed by atoms with van der Waals surface area (Å²) in [7, 11) is 0.